The van der Waals surface area contributed by atoms with Crippen LogP contribution in [0.2, 0.25) is 0 Å². The molecule has 0 bridgehead atoms. The van der Waals surface area contributed by atoms with Crippen LogP contribution in [0.3, 0.4) is 0 Å². The van der Waals surface area contributed by atoms with Crippen molar-refractivity contribution in [1.82, 2.24) is 10.2 Å². The summed E-state index contributed by atoms with van der Waals surface area (Å²) in [6.07, 6.45) is 7.86. The minimum absolute atomic E-state index is 0.166. The van der Waals surface area contributed by atoms with E-state index in [0.29, 0.717) is 12.1 Å². The van der Waals surface area contributed by atoms with Crippen molar-refractivity contribution >= 4 is 0 Å². The van der Waals surface area contributed by atoms with E-state index in [0.717, 1.165) is 0 Å². The number of likely N-dealkylation sites (tertiary alicyclic amines) is 1. The second kappa shape index (κ2) is 4.33. The lowest BCUT2D eigenvalue weighted by atomic mass is 9.95. The van der Waals surface area contributed by atoms with E-state index in [2.05, 4.69) is 44.0 Å². The highest BCUT2D eigenvalue weighted by molar-refractivity contribution is 5.08. The molecule has 2 heteroatoms. The van der Waals surface area contributed by atoms with Gasteiger partial charge in [-0.2, -0.15) is 0 Å². The number of nitrogens with zero attached hydrogens (tertiary/aromatic N) is 1. The predicted octanol–water partition coefficient (Wildman–Crippen LogP) is 1.47. The molecule has 0 radical (unpaired) electrons. The van der Waals surface area contributed by atoms with Crippen LogP contribution in [-0.4, -0.2) is 36.1 Å². The van der Waals surface area contributed by atoms with Crippen LogP contribution in [-0.2, 0) is 0 Å². The van der Waals surface area contributed by atoms with E-state index in [4.69, 9.17) is 6.42 Å². The monoisotopic (exact) mass is 194 g/mol. The fraction of sp³-hybridized carbons (Fsp3) is 0.833. The maximum Gasteiger partial charge on any atom is 0.0743 e. The van der Waals surface area contributed by atoms with E-state index < -0.39 is 0 Å². The Morgan fingerprint density at radius 2 is 2.14 bits per heavy atom. The van der Waals surface area contributed by atoms with Crippen molar-refractivity contribution in [1.29, 1.82) is 0 Å². The molecule has 80 valence electrons. The average Bonchev–Trinajstić information content (AvgIpc) is 2.11. The highest BCUT2D eigenvalue weighted by Crippen LogP contribution is 2.17. The standard InChI is InChI=1S/C12H22N2/c1-6-12(3,4)13-11-7-8-14(5)10(2)9-11/h1,10-11,13H,7-9H2,2-5H3. The number of rotatable bonds is 2. The van der Waals surface area contributed by atoms with Gasteiger partial charge in [-0.15, -0.1) is 6.42 Å². The third-order valence-electron chi connectivity index (χ3n) is 3.13. The van der Waals surface area contributed by atoms with Crippen LogP contribution in [0.15, 0.2) is 0 Å². The average molecular weight is 194 g/mol. The Bertz CT molecular complexity index is 227. The molecule has 0 spiro atoms. The SMILES string of the molecule is C#CC(C)(C)NC1CCN(C)C(C)C1. The van der Waals surface area contributed by atoms with Gasteiger partial charge in [0.05, 0.1) is 5.54 Å². The second-order valence-corrected chi connectivity index (χ2v) is 4.96. The first-order valence-corrected chi connectivity index (χ1v) is 5.40. The van der Waals surface area contributed by atoms with Crippen molar-refractivity contribution in [3.8, 4) is 12.3 Å². The Morgan fingerprint density at radius 3 is 2.64 bits per heavy atom. The van der Waals surface area contributed by atoms with Gasteiger partial charge in [-0.1, -0.05) is 5.92 Å². The molecule has 1 aliphatic heterocycles. The highest BCUT2D eigenvalue weighted by Gasteiger charge is 2.26. The molecular weight excluding hydrogens is 172 g/mol. The summed E-state index contributed by atoms with van der Waals surface area (Å²) in [4.78, 5) is 2.40. The molecule has 2 nitrogen and oxygen atoms in total. The number of hydrogen-bond donors (Lipinski definition) is 1. The Hall–Kier alpha value is -0.520. The second-order valence-electron chi connectivity index (χ2n) is 4.96. The van der Waals surface area contributed by atoms with Gasteiger partial charge in [-0.05, 0) is 47.2 Å². The fourth-order valence-corrected chi connectivity index (χ4v) is 1.97. The summed E-state index contributed by atoms with van der Waals surface area (Å²) in [5.41, 5.74) is -0.166. The van der Waals surface area contributed by atoms with E-state index in [9.17, 15) is 0 Å². The van der Waals surface area contributed by atoms with Crippen LogP contribution < -0.4 is 5.32 Å². The molecule has 0 aromatic carbocycles. The summed E-state index contributed by atoms with van der Waals surface area (Å²) < 4.78 is 0. The molecule has 1 heterocycles. The van der Waals surface area contributed by atoms with Gasteiger partial charge in [0.15, 0.2) is 0 Å². The summed E-state index contributed by atoms with van der Waals surface area (Å²) >= 11 is 0. The van der Waals surface area contributed by atoms with Gasteiger partial charge >= 0.3 is 0 Å². The number of nitrogens with one attached hydrogen (secondary N) is 1. The smallest absolute Gasteiger partial charge is 0.0743 e. The first-order valence-electron chi connectivity index (χ1n) is 5.40. The van der Waals surface area contributed by atoms with Crippen molar-refractivity contribution in [2.75, 3.05) is 13.6 Å². The number of terminal acetylenes is 1. The van der Waals surface area contributed by atoms with Gasteiger partial charge in [0.1, 0.15) is 0 Å². The van der Waals surface area contributed by atoms with Crippen LogP contribution in [0.1, 0.15) is 33.6 Å². The lowest BCUT2D eigenvalue weighted by Gasteiger charge is -2.38. The topological polar surface area (TPSA) is 15.3 Å². The van der Waals surface area contributed by atoms with E-state index in [1.54, 1.807) is 0 Å². The van der Waals surface area contributed by atoms with Gasteiger partial charge < -0.3 is 4.90 Å². The molecular formula is C12H22N2. The Morgan fingerprint density at radius 1 is 1.50 bits per heavy atom. The Kier molecular flexibility index (Phi) is 3.58. The fourth-order valence-electron chi connectivity index (χ4n) is 1.97. The molecule has 1 N–H and O–H groups in total. The van der Waals surface area contributed by atoms with E-state index in [1.807, 2.05) is 0 Å². The summed E-state index contributed by atoms with van der Waals surface area (Å²) in [7, 11) is 2.19. The van der Waals surface area contributed by atoms with Crippen molar-refractivity contribution in [2.24, 2.45) is 0 Å². The van der Waals surface area contributed by atoms with Gasteiger partial charge in [-0.3, -0.25) is 5.32 Å². The first kappa shape index (κ1) is 11.6. The van der Waals surface area contributed by atoms with E-state index >= 15 is 0 Å². The molecule has 0 aliphatic carbocycles. The summed E-state index contributed by atoms with van der Waals surface area (Å²) in [5, 5.41) is 3.53. The molecule has 0 aromatic heterocycles. The Labute approximate surface area is 88.1 Å². The summed E-state index contributed by atoms with van der Waals surface area (Å²) in [6.45, 7) is 7.57. The van der Waals surface area contributed by atoms with Crippen molar-refractivity contribution in [3.05, 3.63) is 0 Å². The normalized spacial score (nSPS) is 29.9. The molecule has 2 atom stereocenters. The zero-order chi connectivity index (χ0) is 10.8. The van der Waals surface area contributed by atoms with Crippen molar-refractivity contribution in [3.63, 3.8) is 0 Å². The van der Waals surface area contributed by atoms with Crippen LogP contribution in [0.25, 0.3) is 0 Å². The molecule has 0 aromatic rings. The zero-order valence-electron chi connectivity index (χ0n) is 9.80. The van der Waals surface area contributed by atoms with E-state index in [-0.39, 0.29) is 5.54 Å². The third-order valence-corrected chi connectivity index (χ3v) is 3.13. The lowest BCUT2D eigenvalue weighted by Crippen LogP contribution is -2.51. The molecule has 2 unspecified atom stereocenters. The summed E-state index contributed by atoms with van der Waals surface area (Å²) in [5.74, 6) is 2.79. The molecule has 14 heavy (non-hydrogen) atoms. The zero-order valence-corrected chi connectivity index (χ0v) is 9.80. The van der Waals surface area contributed by atoms with Crippen molar-refractivity contribution < 1.29 is 0 Å². The van der Waals surface area contributed by atoms with Crippen LogP contribution in [0.4, 0.5) is 0 Å². The molecule has 0 saturated carbocycles. The van der Waals surface area contributed by atoms with Crippen molar-refractivity contribution in [2.45, 2.75) is 51.2 Å². The van der Waals surface area contributed by atoms with Gasteiger partial charge in [-0.25, -0.2) is 0 Å². The van der Waals surface area contributed by atoms with E-state index in [1.165, 1.54) is 19.4 Å². The largest absolute Gasteiger partial charge is 0.304 e. The Balaban J connectivity index is 2.45. The number of piperidine rings is 1. The quantitative estimate of drug-likeness (QED) is 0.670. The van der Waals surface area contributed by atoms with Gasteiger partial charge in [0, 0.05) is 12.1 Å². The first-order chi connectivity index (χ1) is 6.44. The summed E-state index contributed by atoms with van der Waals surface area (Å²) in [6, 6.07) is 1.24. The third kappa shape index (κ3) is 3.01. The maximum absolute atomic E-state index is 5.46. The minimum Gasteiger partial charge on any atom is -0.304 e. The van der Waals surface area contributed by atoms with Gasteiger partial charge in [0.25, 0.3) is 0 Å². The van der Waals surface area contributed by atoms with Crippen LogP contribution in [0.5, 0.6) is 0 Å². The molecule has 1 rings (SSSR count). The molecule has 1 aliphatic rings. The predicted molar refractivity (Wildman–Crippen MR) is 61.2 cm³/mol. The molecule has 0 amide bonds. The van der Waals surface area contributed by atoms with Crippen LogP contribution >= 0.6 is 0 Å². The molecule has 1 saturated heterocycles. The minimum atomic E-state index is -0.166. The number of hydrogen-bond acceptors (Lipinski definition) is 2. The van der Waals surface area contributed by atoms with Gasteiger partial charge in [0.2, 0.25) is 0 Å². The molecule has 1 fully saturated rings. The highest BCUT2D eigenvalue weighted by atomic mass is 15.1. The van der Waals surface area contributed by atoms with Crippen LogP contribution in [0, 0.1) is 12.3 Å². The maximum atomic E-state index is 5.46. The lowest BCUT2D eigenvalue weighted by molar-refractivity contribution is 0.159.